The third kappa shape index (κ3) is 4.45. The first-order valence-electron chi connectivity index (χ1n) is 5.96. The topological polar surface area (TPSA) is 82.2 Å². The van der Waals surface area contributed by atoms with Crippen LogP contribution >= 0.6 is 0 Å². The summed E-state index contributed by atoms with van der Waals surface area (Å²) in [5.74, 6) is 0.0771. The Balaban J connectivity index is 2.81. The van der Waals surface area contributed by atoms with Crippen LogP contribution in [-0.4, -0.2) is 24.5 Å². The number of hydrogen-bond acceptors (Lipinski definition) is 2. The highest BCUT2D eigenvalue weighted by molar-refractivity contribution is 5.92. The van der Waals surface area contributed by atoms with Gasteiger partial charge in [0.1, 0.15) is 0 Å². The van der Waals surface area contributed by atoms with Gasteiger partial charge in [-0.3, -0.25) is 10.3 Å². The lowest BCUT2D eigenvalue weighted by Gasteiger charge is -2.24. The zero-order valence-electron chi connectivity index (χ0n) is 10.8. The van der Waals surface area contributed by atoms with Crippen molar-refractivity contribution >= 4 is 17.6 Å². The van der Waals surface area contributed by atoms with Gasteiger partial charge < -0.3 is 11.1 Å². The van der Waals surface area contributed by atoms with Crippen LogP contribution < -0.4 is 16.0 Å². The van der Waals surface area contributed by atoms with Crippen LogP contribution in [0, 0.1) is 5.41 Å². The van der Waals surface area contributed by atoms with Gasteiger partial charge in [0, 0.05) is 24.7 Å². The molecule has 0 aliphatic rings. The summed E-state index contributed by atoms with van der Waals surface area (Å²) in [6, 6.07) is 9.27. The van der Waals surface area contributed by atoms with Gasteiger partial charge in [0.2, 0.25) is 0 Å². The van der Waals surface area contributed by atoms with E-state index in [2.05, 4.69) is 5.32 Å². The second kappa shape index (κ2) is 6.64. The van der Waals surface area contributed by atoms with Gasteiger partial charge in [-0.15, -0.1) is 0 Å². The van der Waals surface area contributed by atoms with Gasteiger partial charge in [-0.05, 0) is 26.0 Å². The van der Waals surface area contributed by atoms with Crippen LogP contribution in [0.15, 0.2) is 30.3 Å². The summed E-state index contributed by atoms with van der Waals surface area (Å²) in [5.41, 5.74) is 6.15. The van der Waals surface area contributed by atoms with E-state index in [1.54, 1.807) is 4.90 Å². The molecular formula is C13H20N4O. The molecular weight excluding hydrogens is 228 g/mol. The number of amidine groups is 1. The summed E-state index contributed by atoms with van der Waals surface area (Å²) in [4.78, 5) is 13.7. The predicted molar refractivity (Wildman–Crippen MR) is 74.0 cm³/mol. The fourth-order valence-corrected chi connectivity index (χ4v) is 1.51. The first kappa shape index (κ1) is 14.0. The monoisotopic (exact) mass is 248 g/mol. The Hall–Kier alpha value is -2.04. The maximum Gasteiger partial charge on any atom is 0.322 e. The van der Waals surface area contributed by atoms with Gasteiger partial charge in [0.25, 0.3) is 0 Å². The smallest absolute Gasteiger partial charge is 0.322 e. The van der Waals surface area contributed by atoms with Crippen LogP contribution in [-0.2, 0) is 0 Å². The van der Waals surface area contributed by atoms with E-state index in [1.807, 2.05) is 44.2 Å². The Labute approximate surface area is 107 Å². The number of urea groups is 1. The van der Waals surface area contributed by atoms with Crippen LogP contribution in [0.5, 0.6) is 0 Å². The quantitative estimate of drug-likeness (QED) is 0.549. The number of para-hydroxylation sites is 1. The van der Waals surface area contributed by atoms with E-state index in [0.717, 1.165) is 5.69 Å². The molecule has 1 rings (SSSR count). The lowest BCUT2D eigenvalue weighted by molar-refractivity contribution is 0.244. The van der Waals surface area contributed by atoms with Crippen LogP contribution in [0.4, 0.5) is 10.5 Å². The minimum absolute atomic E-state index is 0.0704. The molecule has 0 aromatic heterocycles. The van der Waals surface area contributed by atoms with Crippen LogP contribution in [0.25, 0.3) is 0 Å². The van der Waals surface area contributed by atoms with Crippen molar-refractivity contribution in [3.63, 3.8) is 0 Å². The molecule has 0 radical (unpaired) electrons. The zero-order chi connectivity index (χ0) is 13.5. The number of amides is 2. The predicted octanol–water partition coefficient (Wildman–Crippen LogP) is 1.94. The SMILES string of the molecule is CC(C)NC(=O)N(CCC(=N)N)c1ccccc1. The third-order valence-corrected chi connectivity index (χ3v) is 2.33. The number of benzene rings is 1. The summed E-state index contributed by atoms with van der Waals surface area (Å²) in [5, 5.41) is 10.1. The lowest BCUT2D eigenvalue weighted by Crippen LogP contribution is -2.44. The summed E-state index contributed by atoms with van der Waals surface area (Å²) in [7, 11) is 0. The summed E-state index contributed by atoms with van der Waals surface area (Å²) in [6.07, 6.45) is 0.362. The van der Waals surface area contributed by atoms with Gasteiger partial charge in [-0.1, -0.05) is 18.2 Å². The van der Waals surface area contributed by atoms with Crippen molar-refractivity contribution < 1.29 is 4.79 Å². The van der Waals surface area contributed by atoms with E-state index in [-0.39, 0.29) is 17.9 Å². The van der Waals surface area contributed by atoms with E-state index in [4.69, 9.17) is 11.1 Å². The Morgan fingerprint density at radius 1 is 1.39 bits per heavy atom. The van der Waals surface area contributed by atoms with Crippen molar-refractivity contribution in [3.05, 3.63) is 30.3 Å². The van der Waals surface area contributed by atoms with Gasteiger partial charge in [-0.2, -0.15) is 0 Å². The maximum atomic E-state index is 12.1. The molecule has 0 atom stereocenters. The largest absolute Gasteiger partial charge is 0.388 e. The fraction of sp³-hybridized carbons (Fsp3) is 0.385. The number of carbonyl (C=O) groups excluding carboxylic acids is 1. The maximum absolute atomic E-state index is 12.1. The van der Waals surface area contributed by atoms with Crippen molar-refractivity contribution in [2.24, 2.45) is 5.73 Å². The molecule has 0 spiro atoms. The molecule has 98 valence electrons. The number of nitrogens with two attached hydrogens (primary N) is 1. The fourth-order valence-electron chi connectivity index (χ4n) is 1.51. The molecule has 4 N–H and O–H groups in total. The average Bonchev–Trinajstić information content (AvgIpc) is 2.29. The van der Waals surface area contributed by atoms with E-state index >= 15 is 0 Å². The molecule has 0 unspecified atom stereocenters. The normalized spacial score (nSPS) is 10.2. The molecule has 5 nitrogen and oxygen atoms in total. The second-order valence-electron chi connectivity index (χ2n) is 4.37. The first-order valence-corrected chi connectivity index (χ1v) is 5.96. The Morgan fingerprint density at radius 2 is 2.00 bits per heavy atom. The molecule has 1 aromatic carbocycles. The Kier molecular flexibility index (Phi) is 5.17. The zero-order valence-corrected chi connectivity index (χ0v) is 10.8. The molecule has 0 bridgehead atoms. The number of nitrogens with zero attached hydrogens (tertiary/aromatic N) is 1. The standard InChI is InChI=1S/C13H20N4O/c1-10(2)16-13(18)17(9-8-12(14)15)11-6-4-3-5-7-11/h3-7,10H,8-9H2,1-2H3,(H3,14,15)(H,16,18). The van der Waals surface area contributed by atoms with Gasteiger partial charge in [-0.25, -0.2) is 4.79 Å². The summed E-state index contributed by atoms with van der Waals surface area (Å²) in [6.45, 7) is 4.22. The van der Waals surface area contributed by atoms with Crippen molar-refractivity contribution in [1.29, 1.82) is 5.41 Å². The Bertz CT molecular complexity index is 403. The molecule has 2 amide bonds. The minimum atomic E-state index is -0.169. The minimum Gasteiger partial charge on any atom is -0.388 e. The van der Waals surface area contributed by atoms with Gasteiger partial charge >= 0.3 is 6.03 Å². The first-order chi connectivity index (χ1) is 8.50. The molecule has 0 aliphatic carbocycles. The highest BCUT2D eigenvalue weighted by atomic mass is 16.2. The van der Waals surface area contributed by atoms with Crippen molar-refractivity contribution in [3.8, 4) is 0 Å². The van der Waals surface area contributed by atoms with Crippen molar-refractivity contribution in [1.82, 2.24) is 5.32 Å². The molecule has 18 heavy (non-hydrogen) atoms. The second-order valence-corrected chi connectivity index (χ2v) is 4.37. The van der Waals surface area contributed by atoms with Gasteiger partial charge in [0.05, 0.1) is 5.84 Å². The number of nitrogens with one attached hydrogen (secondary N) is 2. The van der Waals surface area contributed by atoms with E-state index in [0.29, 0.717) is 13.0 Å². The molecule has 0 aliphatic heterocycles. The number of hydrogen-bond donors (Lipinski definition) is 3. The van der Waals surface area contributed by atoms with Crippen LogP contribution in [0.1, 0.15) is 20.3 Å². The van der Waals surface area contributed by atoms with Crippen LogP contribution in [0.3, 0.4) is 0 Å². The summed E-state index contributed by atoms with van der Waals surface area (Å²) < 4.78 is 0. The third-order valence-electron chi connectivity index (χ3n) is 2.33. The van der Waals surface area contributed by atoms with Crippen molar-refractivity contribution in [2.75, 3.05) is 11.4 Å². The van der Waals surface area contributed by atoms with Crippen molar-refractivity contribution in [2.45, 2.75) is 26.3 Å². The van der Waals surface area contributed by atoms with E-state index < -0.39 is 0 Å². The molecule has 0 heterocycles. The summed E-state index contributed by atoms with van der Waals surface area (Å²) >= 11 is 0. The van der Waals surface area contributed by atoms with E-state index in [1.165, 1.54) is 0 Å². The van der Waals surface area contributed by atoms with Crippen LogP contribution in [0.2, 0.25) is 0 Å². The Morgan fingerprint density at radius 3 is 2.50 bits per heavy atom. The lowest BCUT2D eigenvalue weighted by atomic mass is 10.2. The average molecular weight is 248 g/mol. The molecule has 0 saturated carbocycles. The molecule has 1 aromatic rings. The number of rotatable bonds is 5. The number of carbonyl (C=O) groups is 1. The molecule has 5 heteroatoms. The van der Waals surface area contributed by atoms with E-state index in [9.17, 15) is 4.79 Å². The van der Waals surface area contributed by atoms with Gasteiger partial charge in [0.15, 0.2) is 0 Å². The highest BCUT2D eigenvalue weighted by Crippen LogP contribution is 2.13. The molecule has 0 saturated heterocycles. The molecule has 0 fully saturated rings. The highest BCUT2D eigenvalue weighted by Gasteiger charge is 2.15. The number of anilines is 1.